The van der Waals surface area contributed by atoms with Gasteiger partial charge in [-0.1, -0.05) is 45.4 Å². The van der Waals surface area contributed by atoms with Crippen molar-refractivity contribution in [3.05, 3.63) is 29.8 Å². The highest BCUT2D eigenvalue weighted by Gasteiger charge is 2.14. The zero-order valence-corrected chi connectivity index (χ0v) is 12.9. The summed E-state index contributed by atoms with van der Waals surface area (Å²) < 4.78 is 0. The maximum absolute atomic E-state index is 12.0. The van der Waals surface area contributed by atoms with E-state index in [1.165, 1.54) is 0 Å². The molecule has 0 saturated heterocycles. The van der Waals surface area contributed by atoms with Gasteiger partial charge < -0.3 is 11.1 Å². The number of para-hydroxylation sites is 1. The Balaban J connectivity index is 2.77. The van der Waals surface area contributed by atoms with E-state index in [4.69, 9.17) is 5.73 Å². The van der Waals surface area contributed by atoms with Gasteiger partial charge in [-0.25, -0.2) is 0 Å². The van der Waals surface area contributed by atoms with Gasteiger partial charge in [-0.15, -0.1) is 0 Å². The topological polar surface area (TPSA) is 58.4 Å². The summed E-state index contributed by atoms with van der Waals surface area (Å²) in [6.07, 6.45) is 1.62. The molecular formula is C16H27N3O. The molecule has 0 aliphatic carbocycles. The minimum atomic E-state index is -0.429. The predicted octanol–water partition coefficient (Wildman–Crippen LogP) is 2.59. The van der Waals surface area contributed by atoms with E-state index in [2.05, 4.69) is 30.1 Å². The number of amides is 1. The molecule has 1 aromatic rings. The van der Waals surface area contributed by atoms with Crippen LogP contribution in [-0.2, 0) is 11.3 Å². The summed E-state index contributed by atoms with van der Waals surface area (Å²) in [5, 5.41) is 2.96. The van der Waals surface area contributed by atoms with E-state index in [0.717, 1.165) is 37.3 Å². The van der Waals surface area contributed by atoms with E-state index in [1.807, 2.05) is 25.1 Å². The van der Waals surface area contributed by atoms with Crippen LogP contribution in [0.15, 0.2) is 24.3 Å². The Kier molecular flexibility index (Phi) is 7.26. The lowest BCUT2D eigenvalue weighted by molar-refractivity contribution is -0.117. The first kappa shape index (κ1) is 16.7. The Labute approximate surface area is 122 Å². The van der Waals surface area contributed by atoms with Gasteiger partial charge in [0.25, 0.3) is 0 Å². The Hall–Kier alpha value is -1.39. The summed E-state index contributed by atoms with van der Waals surface area (Å²) in [6, 6.07) is 7.50. The normalized spacial score (nSPS) is 12.4. The third-order valence-electron chi connectivity index (χ3n) is 3.50. The molecule has 0 fully saturated rings. The molecule has 0 heterocycles. The summed E-state index contributed by atoms with van der Waals surface area (Å²) in [6.45, 7) is 9.14. The lowest BCUT2D eigenvalue weighted by Gasteiger charge is -2.21. The molecule has 0 aliphatic heterocycles. The van der Waals surface area contributed by atoms with Crippen molar-refractivity contribution in [2.24, 2.45) is 5.73 Å². The number of nitrogens with one attached hydrogen (secondary N) is 1. The van der Waals surface area contributed by atoms with Crippen molar-refractivity contribution in [3.63, 3.8) is 0 Å². The number of carbonyl (C=O) groups is 1. The molecule has 0 aliphatic rings. The van der Waals surface area contributed by atoms with E-state index >= 15 is 0 Å². The first-order valence-corrected chi connectivity index (χ1v) is 7.49. The number of nitrogens with zero attached hydrogens (tertiary/aromatic N) is 1. The second kappa shape index (κ2) is 8.72. The number of hydrogen-bond acceptors (Lipinski definition) is 3. The fourth-order valence-electron chi connectivity index (χ4n) is 2.14. The van der Waals surface area contributed by atoms with Crippen molar-refractivity contribution < 1.29 is 4.79 Å². The van der Waals surface area contributed by atoms with Gasteiger partial charge in [0.1, 0.15) is 0 Å². The number of rotatable bonds is 8. The zero-order valence-electron chi connectivity index (χ0n) is 12.9. The van der Waals surface area contributed by atoms with Crippen LogP contribution in [0.2, 0.25) is 0 Å². The first-order chi connectivity index (χ1) is 9.62. The molecule has 1 amide bonds. The van der Waals surface area contributed by atoms with Gasteiger partial charge in [0.15, 0.2) is 0 Å². The van der Waals surface area contributed by atoms with Gasteiger partial charge in [0.2, 0.25) is 5.91 Å². The Bertz CT molecular complexity index is 416. The molecular weight excluding hydrogens is 250 g/mol. The number of anilines is 1. The first-order valence-electron chi connectivity index (χ1n) is 7.49. The van der Waals surface area contributed by atoms with Crippen molar-refractivity contribution in [3.8, 4) is 0 Å². The summed E-state index contributed by atoms with van der Waals surface area (Å²) >= 11 is 0. The summed E-state index contributed by atoms with van der Waals surface area (Å²) in [5.41, 5.74) is 7.86. The number of benzene rings is 1. The molecule has 4 nitrogen and oxygen atoms in total. The summed E-state index contributed by atoms with van der Waals surface area (Å²) in [4.78, 5) is 14.3. The van der Waals surface area contributed by atoms with Crippen LogP contribution in [0.5, 0.6) is 0 Å². The van der Waals surface area contributed by atoms with Crippen molar-refractivity contribution in [2.75, 3.05) is 18.4 Å². The van der Waals surface area contributed by atoms with Crippen LogP contribution in [0, 0.1) is 0 Å². The molecule has 0 radical (unpaired) electrons. The van der Waals surface area contributed by atoms with E-state index in [-0.39, 0.29) is 5.91 Å². The molecule has 20 heavy (non-hydrogen) atoms. The van der Waals surface area contributed by atoms with Crippen molar-refractivity contribution >= 4 is 11.6 Å². The second-order valence-electron chi connectivity index (χ2n) is 5.00. The largest absolute Gasteiger partial charge is 0.324 e. The van der Waals surface area contributed by atoms with Crippen LogP contribution >= 0.6 is 0 Å². The fourth-order valence-corrected chi connectivity index (χ4v) is 2.14. The Morgan fingerprint density at radius 2 is 1.90 bits per heavy atom. The quantitative estimate of drug-likeness (QED) is 0.768. The number of nitrogens with two attached hydrogens (primary N) is 1. The van der Waals surface area contributed by atoms with Crippen LogP contribution in [0.1, 0.15) is 39.2 Å². The van der Waals surface area contributed by atoms with Crippen molar-refractivity contribution in [2.45, 2.75) is 46.2 Å². The molecule has 4 heteroatoms. The molecule has 0 unspecified atom stereocenters. The zero-order chi connectivity index (χ0) is 15.0. The third-order valence-corrected chi connectivity index (χ3v) is 3.50. The number of carbonyl (C=O) groups excluding carboxylic acids is 1. The van der Waals surface area contributed by atoms with E-state index in [9.17, 15) is 4.79 Å². The molecule has 0 aromatic heterocycles. The maximum Gasteiger partial charge on any atom is 0.241 e. The average molecular weight is 277 g/mol. The Morgan fingerprint density at radius 1 is 1.25 bits per heavy atom. The van der Waals surface area contributed by atoms with Crippen LogP contribution in [0.25, 0.3) is 0 Å². The molecule has 0 bridgehead atoms. The SMILES string of the molecule is CCC[C@H](N)C(=O)Nc1ccccc1CN(CC)CC. The van der Waals surface area contributed by atoms with Crippen LogP contribution in [0.4, 0.5) is 5.69 Å². The van der Waals surface area contributed by atoms with Gasteiger partial charge in [-0.05, 0) is 31.1 Å². The van der Waals surface area contributed by atoms with Crippen LogP contribution < -0.4 is 11.1 Å². The summed E-state index contributed by atoms with van der Waals surface area (Å²) in [7, 11) is 0. The van der Waals surface area contributed by atoms with Crippen LogP contribution in [0.3, 0.4) is 0 Å². The van der Waals surface area contributed by atoms with Gasteiger partial charge in [0, 0.05) is 12.2 Å². The van der Waals surface area contributed by atoms with Gasteiger partial charge in [-0.3, -0.25) is 9.69 Å². The smallest absolute Gasteiger partial charge is 0.241 e. The van der Waals surface area contributed by atoms with Crippen molar-refractivity contribution in [1.82, 2.24) is 4.90 Å². The predicted molar refractivity (Wildman–Crippen MR) is 84.6 cm³/mol. The fraction of sp³-hybridized carbons (Fsp3) is 0.562. The van der Waals surface area contributed by atoms with Crippen LogP contribution in [-0.4, -0.2) is 29.9 Å². The highest BCUT2D eigenvalue weighted by atomic mass is 16.2. The van der Waals surface area contributed by atoms with Crippen molar-refractivity contribution in [1.29, 1.82) is 0 Å². The molecule has 1 atom stereocenters. The van der Waals surface area contributed by atoms with E-state index < -0.39 is 6.04 Å². The Morgan fingerprint density at radius 3 is 2.50 bits per heavy atom. The highest BCUT2D eigenvalue weighted by molar-refractivity contribution is 5.95. The second-order valence-corrected chi connectivity index (χ2v) is 5.00. The molecule has 0 saturated carbocycles. The summed E-state index contributed by atoms with van der Waals surface area (Å²) in [5.74, 6) is -0.0983. The molecule has 1 aromatic carbocycles. The molecule has 3 N–H and O–H groups in total. The minimum absolute atomic E-state index is 0.0983. The minimum Gasteiger partial charge on any atom is -0.324 e. The van der Waals surface area contributed by atoms with Gasteiger partial charge in [0.05, 0.1) is 6.04 Å². The van der Waals surface area contributed by atoms with Gasteiger partial charge >= 0.3 is 0 Å². The third kappa shape index (κ3) is 4.94. The monoisotopic (exact) mass is 277 g/mol. The van der Waals surface area contributed by atoms with E-state index in [1.54, 1.807) is 0 Å². The lowest BCUT2D eigenvalue weighted by atomic mass is 10.1. The lowest BCUT2D eigenvalue weighted by Crippen LogP contribution is -2.35. The standard InChI is InChI=1S/C16H27N3O/c1-4-9-14(17)16(20)18-15-11-8-7-10-13(15)12-19(5-2)6-3/h7-8,10-11,14H,4-6,9,12,17H2,1-3H3,(H,18,20)/t14-/m0/s1. The highest BCUT2D eigenvalue weighted by Crippen LogP contribution is 2.17. The maximum atomic E-state index is 12.0. The molecule has 0 spiro atoms. The number of hydrogen-bond donors (Lipinski definition) is 2. The van der Waals surface area contributed by atoms with E-state index in [0.29, 0.717) is 6.42 Å². The van der Waals surface area contributed by atoms with Gasteiger partial charge in [-0.2, -0.15) is 0 Å². The molecule has 1 rings (SSSR count). The average Bonchev–Trinajstić information content (AvgIpc) is 2.46. The molecule has 112 valence electrons.